The number of anilines is 2. The van der Waals surface area contributed by atoms with Gasteiger partial charge in [0, 0.05) is 45.7 Å². The van der Waals surface area contributed by atoms with Crippen LogP contribution in [0.25, 0.3) is 0 Å². The van der Waals surface area contributed by atoms with Gasteiger partial charge in [0.25, 0.3) is 0 Å². The molecule has 0 atom stereocenters. The maximum atomic E-state index is 12.1. The van der Waals surface area contributed by atoms with Crippen molar-refractivity contribution in [2.24, 2.45) is 5.92 Å². The molecule has 6 heteroatoms. The van der Waals surface area contributed by atoms with Crippen molar-refractivity contribution in [2.75, 3.05) is 43.4 Å². The summed E-state index contributed by atoms with van der Waals surface area (Å²) in [6, 6.07) is 2.04. The lowest BCUT2D eigenvalue weighted by Gasteiger charge is -2.33. The zero-order valence-electron chi connectivity index (χ0n) is 16.0. The molecule has 0 unspecified atom stereocenters. The van der Waals surface area contributed by atoms with Crippen LogP contribution >= 0.6 is 0 Å². The Hall–Kier alpha value is -1.85. The second-order valence-corrected chi connectivity index (χ2v) is 6.97. The molecule has 0 spiro atoms. The number of amides is 1. The molecule has 0 radical (unpaired) electrons. The second kappa shape index (κ2) is 10.2. The van der Waals surface area contributed by atoms with E-state index in [0.717, 1.165) is 69.9 Å². The van der Waals surface area contributed by atoms with Crippen LogP contribution in [0.1, 0.15) is 52.4 Å². The van der Waals surface area contributed by atoms with Crippen LogP contribution in [-0.2, 0) is 4.79 Å². The highest BCUT2D eigenvalue weighted by Gasteiger charge is 2.21. The third-order valence-electron chi connectivity index (χ3n) is 4.90. The Morgan fingerprint density at radius 3 is 2.72 bits per heavy atom. The highest BCUT2D eigenvalue weighted by molar-refractivity contribution is 5.75. The van der Waals surface area contributed by atoms with Gasteiger partial charge in [0.1, 0.15) is 18.0 Å². The molecule has 1 aliphatic heterocycles. The summed E-state index contributed by atoms with van der Waals surface area (Å²) in [7, 11) is 1.91. The molecule has 0 aromatic carbocycles. The van der Waals surface area contributed by atoms with Gasteiger partial charge in [-0.15, -0.1) is 0 Å². The van der Waals surface area contributed by atoms with Crippen molar-refractivity contribution in [3.8, 4) is 0 Å². The average molecular weight is 348 g/mol. The molecule has 25 heavy (non-hydrogen) atoms. The fraction of sp³-hybridized carbons (Fsp3) is 0.737. The van der Waals surface area contributed by atoms with Crippen molar-refractivity contribution in [1.82, 2.24) is 14.9 Å². The summed E-state index contributed by atoms with van der Waals surface area (Å²) in [5, 5.41) is 3.32. The molecular formula is C19H33N5O. The van der Waals surface area contributed by atoms with E-state index in [2.05, 4.69) is 34.0 Å². The molecular weight excluding hydrogens is 314 g/mol. The third-order valence-corrected chi connectivity index (χ3v) is 4.90. The van der Waals surface area contributed by atoms with Crippen LogP contribution in [0.2, 0.25) is 0 Å². The Bertz CT molecular complexity index is 528. The first-order valence-corrected chi connectivity index (χ1v) is 9.68. The molecule has 1 aliphatic rings. The minimum absolute atomic E-state index is 0.284. The van der Waals surface area contributed by atoms with Gasteiger partial charge in [-0.05, 0) is 38.0 Å². The number of nitrogens with one attached hydrogen (secondary N) is 1. The van der Waals surface area contributed by atoms with Gasteiger partial charge >= 0.3 is 0 Å². The van der Waals surface area contributed by atoms with Crippen LogP contribution in [0.4, 0.5) is 11.6 Å². The molecule has 0 saturated carbocycles. The van der Waals surface area contributed by atoms with Crippen molar-refractivity contribution in [1.29, 1.82) is 0 Å². The van der Waals surface area contributed by atoms with E-state index in [-0.39, 0.29) is 5.91 Å². The zero-order valence-corrected chi connectivity index (χ0v) is 16.0. The van der Waals surface area contributed by atoms with Crippen LogP contribution in [0, 0.1) is 5.92 Å². The molecule has 140 valence electrons. The van der Waals surface area contributed by atoms with Gasteiger partial charge in [-0.1, -0.05) is 13.8 Å². The summed E-state index contributed by atoms with van der Waals surface area (Å²) in [5.41, 5.74) is 0. The summed E-state index contributed by atoms with van der Waals surface area (Å²) in [5.74, 6) is 2.84. The summed E-state index contributed by atoms with van der Waals surface area (Å²) in [6.07, 6.45) is 7.69. The van der Waals surface area contributed by atoms with Gasteiger partial charge in [0.05, 0.1) is 0 Å². The maximum absolute atomic E-state index is 12.1. The van der Waals surface area contributed by atoms with E-state index < -0.39 is 0 Å². The van der Waals surface area contributed by atoms with Gasteiger partial charge in [-0.3, -0.25) is 4.79 Å². The van der Waals surface area contributed by atoms with Crippen molar-refractivity contribution in [2.45, 2.75) is 52.4 Å². The molecule has 1 saturated heterocycles. The molecule has 1 fully saturated rings. The number of hydrogen-bond donors (Lipinski definition) is 1. The van der Waals surface area contributed by atoms with Gasteiger partial charge in [0.2, 0.25) is 5.91 Å². The van der Waals surface area contributed by atoms with E-state index in [0.29, 0.717) is 12.3 Å². The van der Waals surface area contributed by atoms with E-state index in [1.165, 1.54) is 0 Å². The van der Waals surface area contributed by atoms with Gasteiger partial charge in [0.15, 0.2) is 0 Å². The lowest BCUT2D eigenvalue weighted by atomic mass is 9.92. The van der Waals surface area contributed by atoms with E-state index in [1.54, 1.807) is 6.33 Å². The lowest BCUT2D eigenvalue weighted by molar-refractivity contribution is -0.130. The highest BCUT2D eigenvalue weighted by Crippen LogP contribution is 2.26. The number of aromatic nitrogens is 2. The van der Waals surface area contributed by atoms with Crippen LogP contribution in [0.3, 0.4) is 0 Å². The Morgan fingerprint density at radius 1 is 1.28 bits per heavy atom. The van der Waals surface area contributed by atoms with Gasteiger partial charge in [-0.25, -0.2) is 9.97 Å². The number of rotatable bonds is 9. The molecule has 1 amide bonds. The largest absolute Gasteiger partial charge is 0.370 e. The number of piperidine rings is 1. The average Bonchev–Trinajstić information content (AvgIpc) is 2.65. The quantitative estimate of drug-likeness (QED) is 0.743. The smallest absolute Gasteiger partial charge is 0.222 e. The number of nitrogens with zero attached hydrogens (tertiary/aromatic N) is 4. The molecule has 2 heterocycles. The van der Waals surface area contributed by atoms with E-state index >= 15 is 0 Å². The van der Waals surface area contributed by atoms with Crippen LogP contribution in [-0.4, -0.2) is 54.0 Å². The summed E-state index contributed by atoms with van der Waals surface area (Å²) >= 11 is 0. The molecule has 1 aromatic heterocycles. The van der Waals surface area contributed by atoms with Crippen molar-refractivity contribution < 1.29 is 4.79 Å². The topological polar surface area (TPSA) is 61.4 Å². The van der Waals surface area contributed by atoms with E-state index in [1.807, 2.05) is 18.0 Å². The first kappa shape index (κ1) is 19.5. The van der Waals surface area contributed by atoms with E-state index in [9.17, 15) is 4.79 Å². The summed E-state index contributed by atoms with van der Waals surface area (Å²) < 4.78 is 0. The third kappa shape index (κ3) is 6.18. The Kier molecular flexibility index (Phi) is 7.95. The Balaban J connectivity index is 1.77. The number of hydrogen-bond acceptors (Lipinski definition) is 5. The van der Waals surface area contributed by atoms with Crippen molar-refractivity contribution >= 4 is 17.5 Å². The Labute approximate surface area is 152 Å². The Morgan fingerprint density at radius 2 is 2.04 bits per heavy atom. The molecule has 6 nitrogen and oxygen atoms in total. The van der Waals surface area contributed by atoms with Gasteiger partial charge in [-0.2, -0.15) is 0 Å². The zero-order chi connectivity index (χ0) is 18.1. The number of carbonyl (C=O) groups excluding carboxylic acids is 1. The maximum Gasteiger partial charge on any atom is 0.222 e. The predicted molar refractivity (Wildman–Crippen MR) is 103 cm³/mol. The molecule has 0 bridgehead atoms. The standard InChI is InChI=1S/C19H33N5O/c1-4-10-20-17-14-18(22-15-21-17)24-12-8-16(9-13-24)6-7-19(25)23(3)11-5-2/h14-16H,4-13H2,1-3H3,(H,20,21,22). The van der Waals surface area contributed by atoms with Crippen molar-refractivity contribution in [3.63, 3.8) is 0 Å². The summed E-state index contributed by atoms with van der Waals surface area (Å²) in [4.78, 5) is 25.0. The van der Waals surface area contributed by atoms with Crippen LogP contribution in [0.5, 0.6) is 0 Å². The lowest BCUT2D eigenvalue weighted by Crippen LogP contribution is -2.35. The van der Waals surface area contributed by atoms with Crippen LogP contribution < -0.4 is 10.2 Å². The molecule has 1 aromatic rings. The molecule has 1 N–H and O–H groups in total. The predicted octanol–water partition coefficient (Wildman–Crippen LogP) is 3.16. The van der Waals surface area contributed by atoms with E-state index in [4.69, 9.17) is 0 Å². The van der Waals surface area contributed by atoms with Gasteiger partial charge < -0.3 is 15.1 Å². The molecule has 0 aliphatic carbocycles. The minimum atomic E-state index is 0.284. The molecule has 2 rings (SSSR count). The first-order valence-electron chi connectivity index (χ1n) is 9.68. The van der Waals surface area contributed by atoms with Crippen molar-refractivity contribution in [3.05, 3.63) is 12.4 Å². The summed E-state index contributed by atoms with van der Waals surface area (Å²) in [6.45, 7) is 8.06. The first-order chi connectivity index (χ1) is 12.1. The highest BCUT2D eigenvalue weighted by atomic mass is 16.2. The fourth-order valence-corrected chi connectivity index (χ4v) is 3.30. The minimum Gasteiger partial charge on any atom is -0.370 e. The fourth-order valence-electron chi connectivity index (χ4n) is 3.30. The SMILES string of the molecule is CCCNc1cc(N2CCC(CCC(=O)N(C)CCC)CC2)ncn1. The van der Waals surface area contributed by atoms with Crippen LogP contribution in [0.15, 0.2) is 12.4 Å². The monoisotopic (exact) mass is 347 g/mol. The second-order valence-electron chi connectivity index (χ2n) is 6.97. The normalized spacial score (nSPS) is 15.2. The number of carbonyl (C=O) groups is 1.